The molecule has 0 bridgehead atoms. The Bertz CT molecular complexity index is 446. The van der Waals surface area contributed by atoms with Crippen molar-refractivity contribution < 1.29 is 14.3 Å². The summed E-state index contributed by atoms with van der Waals surface area (Å²) >= 11 is 0. The zero-order chi connectivity index (χ0) is 14.5. The maximum absolute atomic E-state index is 12.9. The van der Waals surface area contributed by atoms with Gasteiger partial charge in [-0.25, -0.2) is 4.39 Å². The quantitative estimate of drug-likeness (QED) is 0.814. The number of hydrogen-bond donors (Lipinski definition) is 1. The molecule has 2 unspecified atom stereocenters. The number of ketones is 1. The van der Waals surface area contributed by atoms with E-state index in [0.29, 0.717) is 11.6 Å². The molecule has 2 atom stereocenters. The third-order valence-electron chi connectivity index (χ3n) is 4.12. The van der Waals surface area contributed by atoms with Gasteiger partial charge < -0.3 is 5.11 Å². The number of nitrogens with zero attached hydrogens (tertiary/aromatic N) is 1. The van der Waals surface area contributed by atoms with Crippen molar-refractivity contribution in [3.05, 3.63) is 35.6 Å². The molecule has 0 saturated carbocycles. The minimum atomic E-state index is -0.323. The summed E-state index contributed by atoms with van der Waals surface area (Å²) in [5.74, 6) is -0.280. The fourth-order valence-corrected chi connectivity index (χ4v) is 3.01. The summed E-state index contributed by atoms with van der Waals surface area (Å²) < 4.78 is 12.9. The van der Waals surface area contributed by atoms with Crippen LogP contribution >= 0.6 is 0 Å². The van der Waals surface area contributed by atoms with E-state index in [9.17, 15) is 9.18 Å². The molecule has 1 aliphatic heterocycles. The van der Waals surface area contributed by atoms with Gasteiger partial charge in [-0.3, -0.25) is 9.69 Å². The van der Waals surface area contributed by atoms with E-state index >= 15 is 0 Å². The summed E-state index contributed by atoms with van der Waals surface area (Å²) in [7, 11) is 0. The van der Waals surface area contributed by atoms with Crippen molar-refractivity contribution in [1.29, 1.82) is 0 Å². The van der Waals surface area contributed by atoms with Crippen molar-refractivity contribution in [2.75, 3.05) is 13.2 Å². The van der Waals surface area contributed by atoms with Gasteiger partial charge in [-0.15, -0.1) is 0 Å². The molecule has 0 amide bonds. The summed E-state index contributed by atoms with van der Waals surface area (Å²) in [5.41, 5.74) is 0.562. The molecule has 0 aliphatic carbocycles. The highest BCUT2D eigenvalue weighted by Gasteiger charge is 2.31. The van der Waals surface area contributed by atoms with Gasteiger partial charge >= 0.3 is 0 Å². The highest BCUT2D eigenvalue weighted by molar-refractivity contribution is 5.99. The van der Waals surface area contributed by atoms with Crippen LogP contribution in [0, 0.1) is 5.82 Å². The van der Waals surface area contributed by atoms with Crippen LogP contribution in [0.3, 0.4) is 0 Å². The van der Waals surface area contributed by atoms with Crippen LogP contribution in [0.1, 0.15) is 43.0 Å². The van der Waals surface area contributed by atoms with Crippen LogP contribution in [0.25, 0.3) is 0 Å². The maximum Gasteiger partial charge on any atom is 0.179 e. The molecular weight excluding hydrogens is 257 g/mol. The first kappa shape index (κ1) is 15.1. The summed E-state index contributed by atoms with van der Waals surface area (Å²) in [6.07, 6.45) is 3.88. The third-order valence-corrected chi connectivity index (χ3v) is 4.12. The van der Waals surface area contributed by atoms with Gasteiger partial charge in [0.15, 0.2) is 5.78 Å². The molecule has 1 aliphatic rings. The second-order valence-corrected chi connectivity index (χ2v) is 5.45. The van der Waals surface area contributed by atoms with Gasteiger partial charge in [0.05, 0.1) is 6.04 Å². The molecule has 20 heavy (non-hydrogen) atoms. The van der Waals surface area contributed by atoms with Crippen LogP contribution in [-0.4, -0.2) is 41.0 Å². The van der Waals surface area contributed by atoms with Gasteiger partial charge in [-0.2, -0.15) is 0 Å². The number of rotatable bonds is 6. The van der Waals surface area contributed by atoms with Crippen molar-refractivity contribution >= 4 is 5.78 Å². The Morgan fingerprint density at radius 2 is 2.15 bits per heavy atom. The lowest BCUT2D eigenvalue weighted by Crippen LogP contribution is -2.42. The molecule has 4 heteroatoms. The van der Waals surface area contributed by atoms with Gasteiger partial charge in [0.25, 0.3) is 0 Å². The molecule has 1 saturated heterocycles. The molecule has 0 radical (unpaired) electrons. The van der Waals surface area contributed by atoms with Crippen LogP contribution in [0.5, 0.6) is 0 Å². The van der Waals surface area contributed by atoms with Crippen molar-refractivity contribution in [2.24, 2.45) is 0 Å². The number of benzene rings is 1. The Hall–Kier alpha value is -1.26. The van der Waals surface area contributed by atoms with E-state index in [0.717, 1.165) is 32.2 Å². The monoisotopic (exact) mass is 279 g/mol. The summed E-state index contributed by atoms with van der Waals surface area (Å²) in [5, 5.41) is 8.94. The van der Waals surface area contributed by atoms with Crippen molar-refractivity contribution in [3.8, 4) is 0 Å². The molecule has 1 aromatic rings. The lowest BCUT2D eigenvalue weighted by atomic mass is 10.0. The van der Waals surface area contributed by atoms with E-state index in [4.69, 9.17) is 5.11 Å². The molecule has 1 fully saturated rings. The summed E-state index contributed by atoms with van der Waals surface area (Å²) in [4.78, 5) is 14.7. The lowest BCUT2D eigenvalue weighted by Gasteiger charge is -2.29. The lowest BCUT2D eigenvalue weighted by molar-refractivity contribution is 0.0809. The minimum Gasteiger partial charge on any atom is -0.396 e. The number of carbonyl (C=O) groups excluding carboxylic acids is 1. The van der Waals surface area contributed by atoms with Crippen LogP contribution in [0.2, 0.25) is 0 Å². The number of Topliss-reactive ketones (excluding diaryl/α,β-unsaturated/α-hetero) is 1. The predicted molar refractivity (Wildman–Crippen MR) is 76.2 cm³/mol. The fraction of sp³-hybridized carbons (Fsp3) is 0.562. The van der Waals surface area contributed by atoms with Crippen LogP contribution in [0.4, 0.5) is 4.39 Å². The maximum atomic E-state index is 12.9. The first-order valence-corrected chi connectivity index (χ1v) is 7.30. The van der Waals surface area contributed by atoms with E-state index in [1.54, 1.807) is 12.1 Å². The molecule has 3 nitrogen and oxygen atoms in total. The minimum absolute atomic E-state index is 0.0425. The average Bonchev–Trinajstić information content (AvgIpc) is 2.92. The highest BCUT2D eigenvalue weighted by atomic mass is 19.1. The summed E-state index contributed by atoms with van der Waals surface area (Å²) in [6.45, 7) is 3.04. The molecule has 1 N–H and O–H groups in total. The molecular formula is C16H22FNO2. The normalized spacial score (nSPS) is 21.1. The van der Waals surface area contributed by atoms with E-state index in [2.05, 4.69) is 4.90 Å². The molecule has 0 aromatic heterocycles. The predicted octanol–water partition coefficient (Wildman–Crippen LogP) is 2.63. The van der Waals surface area contributed by atoms with E-state index in [1.165, 1.54) is 12.1 Å². The zero-order valence-corrected chi connectivity index (χ0v) is 11.9. The highest BCUT2D eigenvalue weighted by Crippen LogP contribution is 2.25. The fourth-order valence-electron chi connectivity index (χ4n) is 3.01. The van der Waals surface area contributed by atoms with Gasteiger partial charge in [-0.05, 0) is 63.4 Å². The largest absolute Gasteiger partial charge is 0.396 e. The van der Waals surface area contributed by atoms with E-state index in [-0.39, 0.29) is 24.2 Å². The van der Waals surface area contributed by atoms with Gasteiger partial charge in [-0.1, -0.05) is 0 Å². The van der Waals surface area contributed by atoms with Crippen LogP contribution < -0.4 is 0 Å². The van der Waals surface area contributed by atoms with E-state index in [1.807, 2.05) is 6.92 Å². The van der Waals surface area contributed by atoms with Gasteiger partial charge in [0, 0.05) is 18.2 Å². The van der Waals surface area contributed by atoms with Crippen molar-refractivity contribution in [2.45, 2.75) is 44.7 Å². The number of hydrogen-bond acceptors (Lipinski definition) is 3. The van der Waals surface area contributed by atoms with Crippen LogP contribution in [0.15, 0.2) is 24.3 Å². The number of carbonyl (C=O) groups is 1. The standard InChI is InChI=1S/C16H22FNO2/c1-12(16(20)13-6-8-14(17)9-7-13)18-10-2-4-15(18)5-3-11-19/h6-9,12,15,19H,2-5,10-11H2,1H3. The SMILES string of the molecule is CC(C(=O)c1ccc(F)cc1)N1CCCC1CCCO. The topological polar surface area (TPSA) is 40.5 Å². The van der Waals surface area contributed by atoms with Crippen LogP contribution in [-0.2, 0) is 0 Å². The summed E-state index contributed by atoms with van der Waals surface area (Å²) in [6, 6.07) is 5.94. The first-order chi connectivity index (χ1) is 9.63. The Morgan fingerprint density at radius 1 is 1.45 bits per heavy atom. The number of aliphatic hydroxyl groups is 1. The first-order valence-electron chi connectivity index (χ1n) is 7.30. The number of aliphatic hydroxyl groups excluding tert-OH is 1. The van der Waals surface area contributed by atoms with Gasteiger partial charge in [0.1, 0.15) is 5.82 Å². The Balaban J connectivity index is 2.03. The second kappa shape index (κ2) is 6.95. The van der Waals surface area contributed by atoms with Crippen molar-refractivity contribution in [1.82, 2.24) is 4.90 Å². The van der Waals surface area contributed by atoms with Gasteiger partial charge in [0.2, 0.25) is 0 Å². The molecule has 110 valence electrons. The number of halogens is 1. The Labute approximate surface area is 119 Å². The average molecular weight is 279 g/mol. The van der Waals surface area contributed by atoms with Crippen molar-refractivity contribution in [3.63, 3.8) is 0 Å². The molecule has 2 rings (SSSR count). The smallest absolute Gasteiger partial charge is 0.179 e. The molecule has 1 aromatic carbocycles. The zero-order valence-electron chi connectivity index (χ0n) is 11.9. The Kier molecular flexibility index (Phi) is 5.26. The third kappa shape index (κ3) is 3.44. The Morgan fingerprint density at radius 3 is 2.80 bits per heavy atom. The molecule has 1 heterocycles. The second-order valence-electron chi connectivity index (χ2n) is 5.45. The van der Waals surface area contributed by atoms with E-state index < -0.39 is 0 Å². The molecule has 0 spiro atoms. The number of likely N-dealkylation sites (tertiary alicyclic amines) is 1.